The predicted molar refractivity (Wildman–Crippen MR) is 76.0 cm³/mol. The van der Waals surface area contributed by atoms with Crippen LogP contribution in [0.3, 0.4) is 0 Å². The lowest BCUT2D eigenvalue weighted by Crippen LogP contribution is -2.09. The van der Waals surface area contributed by atoms with Crippen LogP contribution in [0.5, 0.6) is 0 Å². The molecule has 0 aliphatic rings. The highest BCUT2D eigenvalue weighted by molar-refractivity contribution is 7.84. The molecule has 0 saturated heterocycles. The van der Waals surface area contributed by atoms with Gasteiger partial charge in [-0.15, -0.1) is 0 Å². The number of hydrogen-bond acceptors (Lipinski definition) is 4. The third kappa shape index (κ3) is 3.20. The van der Waals surface area contributed by atoms with Crippen molar-refractivity contribution in [2.75, 3.05) is 5.73 Å². The molecule has 19 heavy (non-hydrogen) atoms. The van der Waals surface area contributed by atoms with Crippen LogP contribution in [-0.4, -0.2) is 19.0 Å². The largest absolute Gasteiger partial charge is 0.398 e. The third-order valence-electron chi connectivity index (χ3n) is 2.81. The van der Waals surface area contributed by atoms with E-state index in [1.54, 1.807) is 10.7 Å². The Morgan fingerprint density at radius 2 is 2.21 bits per heavy atom. The normalized spacial score (nSPS) is 12.5. The molecule has 0 saturated carbocycles. The maximum Gasteiger partial charge on any atom is 0.139 e. The zero-order chi connectivity index (χ0) is 13.8. The van der Waals surface area contributed by atoms with Crippen molar-refractivity contribution in [3.63, 3.8) is 0 Å². The molecule has 1 atom stereocenters. The quantitative estimate of drug-likeness (QED) is 0.848. The van der Waals surface area contributed by atoms with E-state index in [9.17, 15) is 4.21 Å². The molecule has 1 aromatic heterocycles. The summed E-state index contributed by atoms with van der Waals surface area (Å²) in [5.74, 6) is 1.08. The summed E-state index contributed by atoms with van der Waals surface area (Å²) in [5.41, 5.74) is 7.49. The first-order chi connectivity index (χ1) is 9.11. The van der Waals surface area contributed by atoms with E-state index in [1.807, 2.05) is 19.1 Å². The minimum absolute atomic E-state index is 0.341. The van der Waals surface area contributed by atoms with Gasteiger partial charge in [0.25, 0.3) is 0 Å². The fourth-order valence-corrected chi connectivity index (χ4v) is 3.09. The number of aryl methyl sites for hydroxylation is 2. The molecular weight excluding hydrogens is 260 g/mol. The first-order valence-corrected chi connectivity index (χ1v) is 7.55. The van der Waals surface area contributed by atoms with Gasteiger partial charge in [-0.25, -0.2) is 9.67 Å². The van der Waals surface area contributed by atoms with Gasteiger partial charge in [0.15, 0.2) is 0 Å². The SMILES string of the molecule is CCCn1ncnc1CS(=O)c1cc(C)ccc1N. The standard InChI is InChI=1S/C13H18N4OS/c1-3-6-17-13(15-9-16-17)8-19(18)12-7-10(2)4-5-11(12)14/h4-5,7,9H,3,6,8,14H2,1-2H3. The zero-order valence-corrected chi connectivity index (χ0v) is 12.0. The zero-order valence-electron chi connectivity index (χ0n) is 11.2. The van der Waals surface area contributed by atoms with Crippen molar-refractivity contribution in [1.29, 1.82) is 0 Å². The van der Waals surface area contributed by atoms with E-state index in [0.29, 0.717) is 16.3 Å². The maximum atomic E-state index is 12.4. The van der Waals surface area contributed by atoms with Gasteiger partial charge < -0.3 is 5.73 Å². The number of nitrogens with zero attached hydrogens (tertiary/aromatic N) is 3. The molecule has 0 spiro atoms. The topological polar surface area (TPSA) is 73.8 Å². The Bertz CT molecular complexity index is 594. The monoisotopic (exact) mass is 278 g/mol. The van der Waals surface area contributed by atoms with Gasteiger partial charge in [0.05, 0.1) is 21.4 Å². The van der Waals surface area contributed by atoms with Crippen molar-refractivity contribution in [2.45, 2.75) is 37.5 Å². The van der Waals surface area contributed by atoms with Gasteiger partial charge in [-0.3, -0.25) is 4.21 Å². The molecule has 0 fully saturated rings. The molecule has 1 aromatic carbocycles. The average Bonchev–Trinajstić information content (AvgIpc) is 2.80. The van der Waals surface area contributed by atoms with Crippen LogP contribution in [0.15, 0.2) is 29.4 Å². The highest BCUT2D eigenvalue weighted by atomic mass is 32.2. The van der Waals surface area contributed by atoms with E-state index in [-0.39, 0.29) is 0 Å². The molecule has 0 radical (unpaired) electrons. The second-order valence-electron chi connectivity index (χ2n) is 4.43. The molecule has 0 bridgehead atoms. The van der Waals surface area contributed by atoms with Crippen molar-refractivity contribution in [3.8, 4) is 0 Å². The van der Waals surface area contributed by atoms with Crippen LogP contribution < -0.4 is 5.73 Å². The van der Waals surface area contributed by atoms with Gasteiger partial charge in [-0.05, 0) is 31.0 Å². The molecule has 1 unspecified atom stereocenters. The van der Waals surface area contributed by atoms with Gasteiger partial charge >= 0.3 is 0 Å². The van der Waals surface area contributed by atoms with Gasteiger partial charge in [-0.2, -0.15) is 5.10 Å². The van der Waals surface area contributed by atoms with Crippen molar-refractivity contribution >= 4 is 16.5 Å². The van der Waals surface area contributed by atoms with Gasteiger partial charge in [-0.1, -0.05) is 13.0 Å². The molecule has 2 rings (SSSR count). The maximum absolute atomic E-state index is 12.4. The van der Waals surface area contributed by atoms with E-state index in [1.165, 1.54) is 6.33 Å². The lowest BCUT2D eigenvalue weighted by atomic mass is 10.2. The first kappa shape index (κ1) is 13.7. The number of nitrogen functional groups attached to an aromatic ring is 1. The molecule has 2 aromatic rings. The molecule has 0 aliphatic heterocycles. The van der Waals surface area contributed by atoms with Gasteiger partial charge in [0.2, 0.25) is 0 Å². The van der Waals surface area contributed by atoms with E-state index >= 15 is 0 Å². The Labute approximate surface area is 115 Å². The summed E-state index contributed by atoms with van der Waals surface area (Å²) >= 11 is 0. The first-order valence-electron chi connectivity index (χ1n) is 6.23. The fraction of sp³-hybridized carbons (Fsp3) is 0.385. The number of rotatable bonds is 5. The van der Waals surface area contributed by atoms with Crippen molar-refractivity contribution in [2.24, 2.45) is 0 Å². The lowest BCUT2D eigenvalue weighted by molar-refractivity contribution is 0.579. The van der Waals surface area contributed by atoms with Crippen LogP contribution >= 0.6 is 0 Å². The summed E-state index contributed by atoms with van der Waals surface area (Å²) in [7, 11) is -1.20. The lowest BCUT2D eigenvalue weighted by Gasteiger charge is -2.07. The fourth-order valence-electron chi connectivity index (χ4n) is 1.83. The van der Waals surface area contributed by atoms with Crippen molar-refractivity contribution in [1.82, 2.24) is 14.8 Å². The Morgan fingerprint density at radius 3 is 2.95 bits per heavy atom. The summed E-state index contributed by atoms with van der Waals surface area (Å²) in [6.07, 6.45) is 2.47. The number of nitrogens with two attached hydrogens (primary N) is 1. The van der Waals surface area contributed by atoms with E-state index in [2.05, 4.69) is 17.0 Å². The molecule has 102 valence electrons. The number of anilines is 1. The minimum Gasteiger partial charge on any atom is -0.398 e. The van der Waals surface area contributed by atoms with Crippen molar-refractivity contribution in [3.05, 3.63) is 35.9 Å². The van der Waals surface area contributed by atoms with Crippen LogP contribution in [0.25, 0.3) is 0 Å². The number of aromatic nitrogens is 3. The van der Waals surface area contributed by atoms with Crippen molar-refractivity contribution < 1.29 is 4.21 Å². The third-order valence-corrected chi connectivity index (χ3v) is 4.17. The summed E-state index contributed by atoms with van der Waals surface area (Å²) in [5, 5.41) is 4.13. The summed E-state index contributed by atoms with van der Waals surface area (Å²) in [4.78, 5) is 4.84. The Kier molecular flexibility index (Phi) is 4.31. The van der Waals surface area contributed by atoms with Crippen LogP contribution in [-0.2, 0) is 23.1 Å². The van der Waals surface area contributed by atoms with E-state index in [0.717, 1.165) is 24.4 Å². The highest BCUT2D eigenvalue weighted by Gasteiger charge is 2.13. The molecule has 5 nitrogen and oxygen atoms in total. The molecule has 1 heterocycles. The second-order valence-corrected chi connectivity index (χ2v) is 5.85. The van der Waals surface area contributed by atoms with E-state index in [4.69, 9.17) is 5.73 Å². The number of benzene rings is 1. The van der Waals surface area contributed by atoms with Gasteiger partial charge in [0, 0.05) is 12.2 Å². The second kappa shape index (κ2) is 5.97. The summed E-state index contributed by atoms with van der Waals surface area (Å²) < 4.78 is 14.2. The van der Waals surface area contributed by atoms with E-state index < -0.39 is 10.8 Å². The molecule has 0 amide bonds. The molecule has 0 aliphatic carbocycles. The Hall–Kier alpha value is -1.69. The molecule has 2 N–H and O–H groups in total. The average molecular weight is 278 g/mol. The smallest absolute Gasteiger partial charge is 0.139 e. The summed E-state index contributed by atoms with van der Waals surface area (Å²) in [6, 6.07) is 5.57. The van der Waals surface area contributed by atoms with Crippen LogP contribution in [0, 0.1) is 6.92 Å². The highest BCUT2D eigenvalue weighted by Crippen LogP contribution is 2.20. The molecular formula is C13H18N4OS. The van der Waals surface area contributed by atoms with Crippen LogP contribution in [0.2, 0.25) is 0 Å². The number of hydrogen-bond donors (Lipinski definition) is 1. The summed E-state index contributed by atoms with van der Waals surface area (Å²) in [6.45, 7) is 4.82. The van der Waals surface area contributed by atoms with Gasteiger partial charge in [0.1, 0.15) is 12.2 Å². The minimum atomic E-state index is -1.20. The van der Waals surface area contributed by atoms with Crippen LogP contribution in [0.4, 0.5) is 5.69 Å². The van der Waals surface area contributed by atoms with Crippen LogP contribution in [0.1, 0.15) is 24.7 Å². The Balaban J connectivity index is 2.21. The predicted octanol–water partition coefficient (Wildman–Crippen LogP) is 1.89. The Morgan fingerprint density at radius 1 is 1.42 bits per heavy atom. The molecule has 6 heteroatoms.